The molecule has 1 heterocycles. The van der Waals surface area contributed by atoms with E-state index in [1.54, 1.807) is 0 Å². The van der Waals surface area contributed by atoms with Gasteiger partial charge in [0.05, 0.1) is 0 Å². The van der Waals surface area contributed by atoms with Gasteiger partial charge in [-0.05, 0) is 11.1 Å². The first-order valence-corrected chi connectivity index (χ1v) is 6.40. The minimum Gasteiger partial charge on any atom is -0.374 e. The van der Waals surface area contributed by atoms with E-state index < -0.39 is 0 Å². The second kappa shape index (κ2) is 4.58. The van der Waals surface area contributed by atoms with Crippen LogP contribution in [0.1, 0.15) is 0 Å². The fraction of sp³-hybridized carbons (Fsp3) is 0. The molecule has 0 aliphatic carbocycles. The minimum absolute atomic E-state index is 0.493. The van der Waals surface area contributed by atoms with Gasteiger partial charge in [-0.3, -0.25) is 0 Å². The number of anilines is 1. The van der Waals surface area contributed by atoms with Gasteiger partial charge < -0.3 is 5.73 Å². The Morgan fingerprint density at radius 1 is 0.778 bits per heavy atom. The second-order valence-electron chi connectivity index (χ2n) is 3.86. The summed E-state index contributed by atoms with van der Waals surface area (Å²) in [6.07, 6.45) is 0. The Morgan fingerprint density at radius 2 is 1.44 bits per heavy atom. The van der Waals surface area contributed by atoms with Crippen LogP contribution in [0.5, 0.6) is 0 Å². The molecular weight excluding hydrogens is 242 g/mol. The largest absolute Gasteiger partial charge is 0.374 e. The molecule has 1 aromatic heterocycles. The molecular formula is C14H11N3S. The lowest BCUT2D eigenvalue weighted by Crippen LogP contribution is -1.84. The van der Waals surface area contributed by atoms with Crippen molar-refractivity contribution in [2.75, 3.05) is 5.73 Å². The lowest BCUT2D eigenvalue weighted by atomic mass is 10.0. The molecule has 0 bridgehead atoms. The van der Waals surface area contributed by atoms with E-state index in [-0.39, 0.29) is 0 Å². The van der Waals surface area contributed by atoms with Gasteiger partial charge in [0.2, 0.25) is 5.13 Å². The van der Waals surface area contributed by atoms with Gasteiger partial charge in [0, 0.05) is 5.56 Å². The molecule has 4 heteroatoms. The molecule has 0 spiro atoms. The van der Waals surface area contributed by atoms with Gasteiger partial charge in [0.1, 0.15) is 5.01 Å². The average Bonchev–Trinajstić information content (AvgIpc) is 2.86. The molecule has 0 unspecified atom stereocenters. The number of benzene rings is 2. The van der Waals surface area contributed by atoms with Gasteiger partial charge in [-0.25, -0.2) is 0 Å². The summed E-state index contributed by atoms with van der Waals surface area (Å²) in [4.78, 5) is 0. The van der Waals surface area contributed by atoms with Crippen molar-refractivity contribution in [2.45, 2.75) is 0 Å². The van der Waals surface area contributed by atoms with Crippen LogP contribution in [0.25, 0.3) is 21.7 Å². The fourth-order valence-corrected chi connectivity index (χ4v) is 2.53. The minimum atomic E-state index is 0.493. The lowest BCUT2D eigenvalue weighted by molar-refractivity contribution is 1.10. The van der Waals surface area contributed by atoms with Gasteiger partial charge in [-0.2, -0.15) is 0 Å². The number of nitrogens with zero attached hydrogens (tertiary/aromatic N) is 2. The Hall–Kier alpha value is -2.20. The van der Waals surface area contributed by atoms with Gasteiger partial charge in [0.25, 0.3) is 0 Å². The standard InChI is InChI=1S/C14H11N3S/c15-14-17-16-13(18-14)12-9-5-4-8-11(12)10-6-2-1-3-7-10/h1-9H,(H2,15,17). The van der Waals surface area contributed by atoms with Crippen LogP contribution in [-0.2, 0) is 0 Å². The van der Waals surface area contributed by atoms with Crippen molar-refractivity contribution in [1.29, 1.82) is 0 Å². The zero-order valence-electron chi connectivity index (χ0n) is 9.58. The summed E-state index contributed by atoms with van der Waals surface area (Å²) in [6.45, 7) is 0. The fourth-order valence-electron chi connectivity index (χ4n) is 1.88. The van der Waals surface area contributed by atoms with E-state index in [1.807, 2.05) is 36.4 Å². The van der Waals surface area contributed by atoms with Gasteiger partial charge in [-0.15, -0.1) is 10.2 Å². The summed E-state index contributed by atoms with van der Waals surface area (Å²) in [5.41, 5.74) is 9.03. The molecule has 0 saturated carbocycles. The highest BCUT2D eigenvalue weighted by Crippen LogP contribution is 2.33. The molecule has 3 rings (SSSR count). The molecule has 0 aliphatic rings. The summed E-state index contributed by atoms with van der Waals surface area (Å²) in [5.74, 6) is 0. The van der Waals surface area contributed by atoms with Gasteiger partial charge in [-0.1, -0.05) is 65.9 Å². The van der Waals surface area contributed by atoms with Crippen LogP contribution in [0.4, 0.5) is 5.13 Å². The zero-order valence-corrected chi connectivity index (χ0v) is 10.4. The highest BCUT2D eigenvalue weighted by atomic mass is 32.1. The Labute approximate surface area is 109 Å². The summed E-state index contributed by atoms with van der Waals surface area (Å²) < 4.78 is 0. The van der Waals surface area contributed by atoms with Crippen LogP contribution in [-0.4, -0.2) is 10.2 Å². The zero-order chi connectivity index (χ0) is 12.4. The van der Waals surface area contributed by atoms with E-state index >= 15 is 0 Å². The van der Waals surface area contributed by atoms with Crippen LogP contribution < -0.4 is 5.73 Å². The van der Waals surface area contributed by atoms with Crippen molar-refractivity contribution >= 4 is 16.5 Å². The number of nitrogen functional groups attached to an aromatic ring is 1. The highest BCUT2D eigenvalue weighted by molar-refractivity contribution is 7.18. The predicted octanol–water partition coefficient (Wildman–Crippen LogP) is 3.45. The molecule has 88 valence electrons. The topological polar surface area (TPSA) is 51.8 Å². The number of nitrogens with two attached hydrogens (primary N) is 1. The number of hydrogen-bond donors (Lipinski definition) is 1. The maximum absolute atomic E-state index is 5.65. The summed E-state index contributed by atoms with van der Waals surface area (Å²) in [5, 5.41) is 9.34. The molecule has 0 atom stereocenters. The maximum Gasteiger partial charge on any atom is 0.203 e. The SMILES string of the molecule is Nc1nnc(-c2ccccc2-c2ccccc2)s1. The van der Waals surface area contributed by atoms with E-state index in [1.165, 1.54) is 16.9 Å². The number of hydrogen-bond acceptors (Lipinski definition) is 4. The van der Waals surface area contributed by atoms with Crippen molar-refractivity contribution in [3.8, 4) is 21.7 Å². The summed E-state index contributed by atoms with van der Waals surface area (Å²) in [7, 11) is 0. The molecule has 0 radical (unpaired) electrons. The smallest absolute Gasteiger partial charge is 0.203 e. The van der Waals surface area contributed by atoms with E-state index in [9.17, 15) is 0 Å². The Kier molecular flexibility index (Phi) is 2.78. The molecule has 0 amide bonds. The van der Waals surface area contributed by atoms with Crippen LogP contribution in [0.15, 0.2) is 54.6 Å². The average molecular weight is 253 g/mol. The van der Waals surface area contributed by atoms with E-state index in [4.69, 9.17) is 5.73 Å². The van der Waals surface area contributed by atoms with Gasteiger partial charge in [0.15, 0.2) is 0 Å². The van der Waals surface area contributed by atoms with E-state index in [2.05, 4.69) is 28.4 Å². The van der Waals surface area contributed by atoms with Gasteiger partial charge >= 0.3 is 0 Å². The van der Waals surface area contributed by atoms with Crippen molar-refractivity contribution in [3.63, 3.8) is 0 Å². The molecule has 2 N–H and O–H groups in total. The van der Waals surface area contributed by atoms with Crippen LogP contribution in [0.3, 0.4) is 0 Å². The molecule has 2 aromatic carbocycles. The summed E-state index contributed by atoms with van der Waals surface area (Å²) in [6, 6.07) is 18.4. The quantitative estimate of drug-likeness (QED) is 0.761. The normalized spacial score (nSPS) is 10.4. The number of aromatic nitrogens is 2. The molecule has 0 fully saturated rings. The van der Waals surface area contributed by atoms with Crippen molar-refractivity contribution in [1.82, 2.24) is 10.2 Å². The highest BCUT2D eigenvalue weighted by Gasteiger charge is 2.10. The first-order valence-electron chi connectivity index (χ1n) is 5.58. The van der Waals surface area contributed by atoms with Crippen LogP contribution >= 0.6 is 11.3 Å². The molecule has 0 saturated heterocycles. The van der Waals surface area contributed by atoms with E-state index in [0.717, 1.165) is 16.1 Å². The van der Waals surface area contributed by atoms with Crippen LogP contribution in [0, 0.1) is 0 Å². The summed E-state index contributed by atoms with van der Waals surface area (Å²) >= 11 is 1.41. The van der Waals surface area contributed by atoms with E-state index in [0.29, 0.717) is 5.13 Å². The first kappa shape index (κ1) is 10.9. The molecule has 3 aromatic rings. The first-order chi connectivity index (χ1) is 8.84. The Bertz CT molecular complexity index is 662. The second-order valence-corrected chi connectivity index (χ2v) is 4.87. The van der Waals surface area contributed by atoms with Crippen LogP contribution in [0.2, 0.25) is 0 Å². The monoisotopic (exact) mass is 253 g/mol. The number of rotatable bonds is 2. The Morgan fingerprint density at radius 3 is 2.11 bits per heavy atom. The molecule has 0 aliphatic heterocycles. The van der Waals surface area contributed by atoms with Crippen molar-refractivity contribution in [2.24, 2.45) is 0 Å². The predicted molar refractivity (Wildman–Crippen MR) is 75.2 cm³/mol. The third-order valence-electron chi connectivity index (χ3n) is 2.68. The molecule has 18 heavy (non-hydrogen) atoms. The third kappa shape index (κ3) is 1.98. The Balaban J connectivity index is 2.17. The van der Waals surface area contributed by atoms with Crippen molar-refractivity contribution in [3.05, 3.63) is 54.6 Å². The third-order valence-corrected chi connectivity index (χ3v) is 3.47. The molecule has 3 nitrogen and oxygen atoms in total. The van der Waals surface area contributed by atoms with Crippen molar-refractivity contribution < 1.29 is 0 Å². The maximum atomic E-state index is 5.65. The lowest BCUT2D eigenvalue weighted by Gasteiger charge is -2.06.